The van der Waals surface area contributed by atoms with Crippen LogP contribution in [0.15, 0.2) is 36.9 Å². The zero-order valence-corrected chi connectivity index (χ0v) is 20.1. The minimum Gasteiger partial charge on any atom is -0.366 e. The number of carbonyl (C=O) groups is 2. The molecule has 1 aromatic heterocycles. The van der Waals surface area contributed by atoms with Gasteiger partial charge in [0.1, 0.15) is 12.0 Å². The number of carbonyl (C=O) groups excluding carboxylic acids is 2. The molecule has 0 bridgehead atoms. The number of aromatic nitrogens is 2. The van der Waals surface area contributed by atoms with Crippen molar-refractivity contribution < 1.29 is 14.0 Å². The highest BCUT2D eigenvalue weighted by atomic mass is 19.1. The standard InChI is InChI=1S/C25H33FN6O2/c1-5-22(34)32-14-25(15-32)13-31(12-20(25)26)24-29-19-9-7-6-8-18(19)23(30-24)28-17(10-16(2)3)11-21(33)27-4/h5-9,16-17,20H,1,10-15H2,2-4H3,(H,27,33)(H,28,29,30). The Morgan fingerprint density at radius 1 is 1.26 bits per heavy atom. The van der Waals surface area contributed by atoms with Gasteiger partial charge in [-0.05, 0) is 30.5 Å². The van der Waals surface area contributed by atoms with Crippen LogP contribution in [0.5, 0.6) is 0 Å². The number of anilines is 2. The van der Waals surface area contributed by atoms with Gasteiger partial charge in [-0.25, -0.2) is 9.37 Å². The molecule has 4 rings (SSSR count). The lowest BCUT2D eigenvalue weighted by atomic mass is 9.77. The minimum atomic E-state index is -1.07. The quantitative estimate of drug-likeness (QED) is 0.579. The van der Waals surface area contributed by atoms with Gasteiger partial charge in [0.2, 0.25) is 17.8 Å². The van der Waals surface area contributed by atoms with Crippen molar-refractivity contribution in [1.82, 2.24) is 20.2 Å². The Kier molecular flexibility index (Phi) is 6.72. The number of para-hydroxylation sites is 1. The number of halogens is 1. The summed E-state index contributed by atoms with van der Waals surface area (Å²) in [7, 11) is 1.63. The first-order chi connectivity index (χ1) is 16.2. The largest absolute Gasteiger partial charge is 0.366 e. The topological polar surface area (TPSA) is 90.5 Å². The summed E-state index contributed by atoms with van der Waals surface area (Å²) in [6, 6.07) is 7.59. The average Bonchev–Trinajstić information content (AvgIpc) is 3.14. The number of likely N-dealkylation sites (tertiary alicyclic amines) is 1. The van der Waals surface area contributed by atoms with Crippen LogP contribution in [-0.2, 0) is 9.59 Å². The van der Waals surface area contributed by atoms with Crippen LogP contribution in [-0.4, -0.2) is 72.1 Å². The van der Waals surface area contributed by atoms with Crippen molar-refractivity contribution in [1.29, 1.82) is 0 Å². The summed E-state index contributed by atoms with van der Waals surface area (Å²) in [5, 5.41) is 7.03. The van der Waals surface area contributed by atoms with E-state index in [-0.39, 0.29) is 24.4 Å². The highest BCUT2D eigenvalue weighted by Crippen LogP contribution is 2.43. The molecule has 2 unspecified atom stereocenters. The number of fused-ring (bicyclic) bond motifs is 1. The van der Waals surface area contributed by atoms with Crippen LogP contribution >= 0.6 is 0 Å². The van der Waals surface area contributed by atoms with Gasteiger partial charge in [-0.3, -0.25) is 9.59 Å². The first kappa shape index (κ1) is 23.9. The maximum atomic E-state index is 15.1. The summed E-state index contributed by atoms with van der Waals surface area (Å²) in [6.07, 6.45) is 1.32. The lowest BCUT2D eigenvalue weighted by Gasteiger charge is -2.48. The van der Waals surface area contributed by atoms with E-state index in [0.29, 0.717) is 43.7 Å². The van der Waals surface area contributed by atoms with Gasteiger partial charge in [0.05, 0.1) is 17.5 Å². The Morgan fingerprint density at radius 3 is 2.68 bits per heavy atom. The summed E-state index contributed by atoms with van der Waals surface area (Å²) >= 11 is 0. The highest BCUT2D eigenvalue weighted by Gasteiger charge is 2.56. The van der Waals surface area contributed by atoms with Crippen LogP contribution in [0.3, 0.4) is 0 Å². The van der Waals surface area contributed by atoms with Crippen molar-refractivity contribution in [2.75, 3.05) is 43.4 Å². The molecule has 1 aromatic carbocycles. The van der Waals surface area contributed by atoms with E-state index >= 15 is 4.39 Å². The fraction of sp³-hybridized carbons (Fsp3) is 0.520. The average molecular weight is 469 g/mol. The molecule has 8 nitrogen and oxygen atoms in total. The van der Waals surface area contributed by atoms with Gasteiger partial charge < -0.3 is 20.4 Å². The number of rotatable bonds is 8. The van der Waals surface area contributed by atoms with Crippen molar-refractivity contribution in [2.24, 2.45) is 11.3 Å². The fourth-order valence-electron chi connectivity index (χ4n) is 4.98. The summed E-state index contributed by atoms with van der Waals surface area (Å²) < 4.78 is 15.1. The van der Waals surface area contributed by atoms with Crippen molar-refractivity contribution in [3.05, 3.63) is 36.9 Å². The minimum absolute atomic E-state index is 0.0397. The highest BCUT2D eigenvalue weighted by molar-refractivity contribution is 5.90. The zero-order chi connectivity index (χ0) is 24.5. The molecule has 34 heavy (non-hydrogen) atoms. The van der Waals surface area contributed by atoms with Crippen LogP contribution in [0.1, 0.15) is 26.7 Å². The van der Waals surface area contributed by atoms with Gasteiger partial charge in [0.15, 0.2) is 0 Å². The van der Waals surface area contributed by atoms with Gasteiger partial charge >= 0.3 is 0 Å². The van der Waals surface area contributed by atoms with E-state index in [0.717, 1.165) is 17.3 Å². The van der Waals surface area contributed by atoms with Gasteiger partial charge in [-0.1, -0.05) is 32.6 Å². The summed E-state index contributed by atoms with van der Waals surface area (Å²) in [5.41, 5.74) is 0.160. The number of benzene rings is 1. The van der Waals surface area contributed by atoms with Crippen LogP contribution in [0.4, 0.5) is 16.2 Å². The van der Waals surface area contributed by atoms with Crippen LogP contribution in [0.2, 0.25) is 0 Å². The van der Waals surface area contributed by atoms with E-state index in [1.165, 1.54) is 6.08 Å². The lowest BCUT2D eigenvalue weighted by Crippen LogP contribution is -2.62. The van der Waals surface area contributed by atoms with Crippen molar-refractivity contribution in [3.63, 3.8) is 0 Å². The van der Waals surface area contributed by atoms with Crippen LogP contribution in [0, 0.1) is 11.3 Å². The third-order valence-electron chi connectivity index (χ3n) is 6.73. The summed E-state index contributed by atoms with van der Waals surface area (Å²) in [6.45, 7) is 9.12. The normalized spacial score (nSPS) is 19.9. The van der Waals surface area contributed by atoms with Crippen LogP contribution in [0.25, 0.3) is 10.9 Å². The van der Waals surface area contributed by atoms with Crippen molar-refractivity contribution in [3.8, 4) is 0 Å². The Labute approximate surface area is 199 Å². The lowest BCUT2D eigenvalue weighted by molar-refractivity contribution is -0.139. The SMILES string of the molecule is C=CC(=O)N1CC2(C1)CN(c1nc(NC(CC(=O)NC)CC(C)C)c3ccccc3n1)CC2F. The molecule has 2 aliphatic heterocycles. The van der Waals surface area contributed by atoms with Gasteiger partial charge in [-0.15, -0.1) is 0 Å². The first-order valence-corrected chi connectivity index (χ1v) is 11.8. The van der Waals surface area contributed by atoms with E-state index in [9.17, 15) is 9.59 Å². The Hall–Kier alpha value is -3.23. The molecule has 1 spiro atoms. The molecule has 3 heterocycles. The molecular weight excluding hydrogens is 435 g/mol. The number of nitrogens with zero attached hydrogens (tertiary/aromatic N) is 4. The van der Waals surface area contributed by atoms with E-state index in [2.05, 4.69) is 31.1 Å². The second-order valence-corrected chi connectivity index (χ2v) is 9.85. The van der Waals surface area contributed by atoms with Gasteiger partial charge in [0, 0.05) is 44.5 Å². The molecule has 0 aliphatic carbocycles. The molecule has 2 amide bonds. The van der Waals surface area contributed by atoms with E-state index in [4.69, 9.17) is 9.97 Å². The molecule has 2 atom stereocenters. The second-order valence-electron chi connectivity index (χ2n) is 9.85. The molecule has 0 saturated carbocycles. The molecule has 2 N–H and O–H groups in total. The van der Waals surface area contributed by atoms with Gasteiger partial charge in [0.25, 0.3) is 0 Å². The number of hydrogen-bond donors (Lipinski definition) is 2. The third kappa shape index (κ3) is 4.69. The molecule has 2 aromatic rings. The predicted molar refractivity (Wildman–Crippen MR) is 131 cm³/mol. The first-order valence-electron chi connectivity index (χ1n) is 11.8. The number of alkyl halides is 1. The smallest absolute Gasteiger partial charge is 0.245 e. The summed E-state index contributed by atoms with van der Waals surface area (Å²) in [4.78, 5) is 37.0. The fourth-order valence-corrected chi connectivity index (χ4v) is 4.98. The predicted octanol–water partition coefficient (Wildman–Crippen LogP) is 2.77. The second kappa shape index (κ2) is 9.56. The number of hydrogen-bond acceptors (Lipinski definition) is 6. The van der Waals surface area contributed by atoms with Crippen molar-refractivity contribution >= 4 is 34.5 Å². The Bertz CT molecular complexity index is 1080. The molecular formula is C25H33FN6O2. The molecule has 2 saturated heterocycles. The molecule has 0 radical (unpaired) electrons. The molecule has 9 heteroatoms. The monoisotopic (exact) mass is 468 g/mol. The van der Waals surface area contributed by atoms with Crippen LogP contribution < -0.4 is 15.5 Å². The summed E-state index contributed by atoms with van der Waals surface area (Å²) in [5.74, 6) is 1.28. The Morgan fingerprint density at radius 2 is 2.00 bits per heavy atom. The Balaban J connectivity index is 1.61. The number of nitrogens with one attached hydrogen (secondary N) is 2. The van der Waals surface area contributed by atoms with Gasteiger partial charge in [-0.2, -0.15) is 4.98 Å². The molecule has 2 fully saturated rings. The molecule has 2 aliphatic rings. The maximum Gasteiger partial charge on any atom is 0.245 e. The zero-order valence-electron chi connectivity index (χ0n) is 20.1. The van der Waals surface area contributed by atoms with Crippen molar-refractivity contribution in [2.45, 2.75) is 38.9 Å². The third-order valence-corrected chi connectivity index (χ3v) is 6.73. The van der Waals surface area contributed by atoms with E-state index in [1.54, 1.807) is 11.9 Å². The number of amides is 2. The van der Waals surface area contributed by atoms with E-state index in [1.807, 2.05) is 29.2 Å². The molecule has 182 valence electrons. The van der Waals surface area contributed by atoms with E-state index < -0.39 is 11.6 Å². The maximum absolute atomic E-state index is 15.1.